The third kappa shape index (κ3) is 18.7. The van der Waals surface area contributed by atoms with Gasteiger partial charge in [-0.25, -0.2) is 0 Å². The molecule has 4 atom stereocenters. The first kappa shape index (κ1) is 30.9. The molecule has 2 heteroatoms. The molecule has 172 valence electrons. The van der Waals surface area contributed by atoms with Crippen LogP contribution in [-0.4, -0.2) is 5.66 Å². The zero-order chi connectivity index (χ0) is 20.2. The molecule has 0 N–H and O–H groups in total. The summed E-state index contributed by atoms with van der Waals surface area (Å²) >= 11 is 0. The Morgan fingerprint density at radius 1 is 0.429 bits per heavy atom. The Morgan fingerprint density at radius 3 is 1.25 bits per heavy atom. The summed E-state index contributed by atoms with van der Waals surface area (Å²) in [6.07, 6.45) is 27.4. The van der Waals surface area contributed by atoms with Crippen molar-refractivity contribution >= 4 is 21.6 Å². The summed E-state index contributed by atoms with van der Waals surface area (Å²) < 4.78 is 0. The van der Waals surface area contributed by atoms with Gasteiger partial charge >= 0.3 is 0 Å². The Hall–Kier alpha value is 0.720. The molecular formula is C26H56ClP. The molecule has 0 aromatic heterocycles. The summed E-state index contributed by atoms with van der Waals surface area (Å²) in [5, 5.41) is 0. The van der Waals surface area contributed by atoms with Crippen molar-refractivity contribution in [3.63, 3.8) is 0 Å². The first-order valence-corrected chi connectivity index (χ1v) is 13.6. The molecule has 0 spiro atoms. The molecular weight excluding hydrogens is 379 g/mol. The lowest BCUT2D eigenvalue weighted by atomic mass is 9.78. The fourth-order valence-corrected chi connectivity index (χ4v) is 5.07. The van der Waals surface area contributed by atoms with Crippen molar-refractivity contribution in [1.82, 2.24) is 0 Å². The van der Waals surface area contributed by atoms with Crippen molar-refractivity contribution in [2.75, 3.05) is 0 Å². The summed E-state index contributed by atoms with van der Waals surface area (Å²) in [6, 6.07) is 0. The van der Waals surface area contributed by atoms with E-state index in [1.54, 1.807) is 0 Å². The normalized spacial score (nSPS) is 14.5. The van der Waals surface area contributed by atoms with E-state index in [9.17, 15) is 0 Å². The first-order chi connectivity index (χ1) is 13.2. The van der Waals surface area contributed by atoms with Crippen molar-refractivity contribution in [2.45, 2.75) is 155 Å². The SMILES string of the molecule is CCCCCCCC(CCCC)C(CCCC)CCCCC(P)CCCC.Cl. The molecule has 0 aliphatic carbocycles. The van der Waals surface area contributed by atoms with Crippen LogP contribution in [0.3, 0.4) is 0 Å². The predicted molar refractivity (Wildman–Crippen MR) is 138 cm³/mol. The molecule has 0 fully saturated rings. The molecule has 0 aliphatic rings. The van der Waals surface area contributed by atoms with Crippen molar-refractivity contribution in [3.8, 4) is 0 Å². The van der Waals surface area contributed by atoms with Gasteiger partial charge in [-0.15, -0.1) is 21.6 Å². The molecule has 0 aromatic carbocycles. The summed E-state index contributed by atoms with van der Waals surface area (Å²) in [7, 11) is 3.11. The van der Waals surface area contributed by atoms with Crippen LogP contribution in [0.5, 0.6) is 0 Å². The quantitative estimate of drug-likeness (QED) is 0.124. The van der Waals surface area contributed by atoms with E-state index >= 15 is 0 Å². The maximum Gasteiger partial charge on any atom is -0.0264 e. The van der Waals surface area contributed by atoms with E-state index < -0.39 is 0 Å². The third-order valence-electron chi connectivity index (χ3n) is 6.53. The summed E-state index contributed by atoms with van der Waals surface area (Å²) in [5.74, 6) is 2.03. The maximum atomic E-state index is 3.11. The molecule has 0 radical (unpaired) electrons. The second-order valence-electron chi connectivity index (χ2n) is 9.19. The second-order valence-corrected chi connectivity index (χ2v) is 10.1. The maximum absolute atomic E-state index is 3.11. The largest absolute Gasteiger partial charge is 0.147 e. The molecule has 28 heavy (non-hydrogen) atoms. The molecule has 0 bridgehead atoms. The molecule has 0 aliphatic heterocycles. The van der Waals surface area contributed by atoms with Crippen molar-refractivity contribution in [2.24, 2.45) is 11.8 Å². The molecule has 0 aromatic rings. The van der Waals surface area contributed by atoms with Crippen LogP contribution in [0.4, 0.5) is 0 Å². The molecule has 0 amide bonds. The minimum absolute atomic E-state index is 0. The summed E-state index contributed by atoms with van der Waals surface area (Å²) in [4.78, 5) is 0. The topological polar surface area (TPSA) is 0 Å². The Morgan fingerprint density at radius 2 is 0.750 bits per heavy atom. The van der Waals surface area contributed by atoms with Gasteiger partial charge < -0.3 is 0 Å². The first-order valence-electron chi connectivity index (χ1n) is 12.9. The minimum atomic E-state index is 0. The lowest BCUT2D eigenvalue weighted by Gasteiger charge is -2.28. The highest BCUT2D eigenvalue weighted by atomic mass is 35.5. The van der Waals surface area contributed by atoms with E-state index in [0.29, 0.717) is 0 Å². The van der Waals surface area contributed by atoms with Gasteiger partial charge in [0.05, 0.1) is 0 Å². The van der Waals surface area contributed by atoms with Gasteiger partial charge in [0.2, 0.25) is 0 Å². The fourth-order valence-electron chi connectivity index (χ4n) is 4.60. The van der Waals surface area contributed by atoms with Crippen LogP contribution in [0, 0.1) is 11.8 Å². The van der Waals surface area contributed by atoms with Gasteiger partial charge in [0, 0.05) is 0 Å². The van der Waals surface area contributed by atoms with Crippen LogP contribution < -0.4 is 0 Å². The lowest BCUT2D eigenvalue weighted by Crippen LogP contribution is -2.16. The molecule has 0 heterocycles. The molecule has 0 saturated heterocycles. The number of hydrogen-bond donors (Lipinski definition) is 0. The summed E-state index contributed by atoms with van der Waals surface area (Å²) in [6.45, 7) is 9.38. The Bertz CT molecular complexity index is 282. The highest BCUT2D eigenvalue weighted by molar-refractivity contribution is 7.17. The predicted octanol–water partition coefficient (Wildman–Crippen LogP) is 10.4. The zero-order valence-corrected chi connectivity index (χ0v) is 22.1. The van der Waals surface area contributed by atoms with E-state index in [2.05, 4.69) is 36.9 Å². The molecule has 0 saturated carbocycles. The van der Waals surface area contributed by atoms with Gasteiger partial charge in [-0.3, -0.25) is 0 Å². The lowest BCUT2D eigenvalue weighted by molar-refractivity contribution is 0.239. The van der Waals surface area contributed by atoms with Crippen molar-refractivity contribution < 1.29 is 0 Å². The highest BCUT2D eigenvalue weighted by Gasteiger charge is 2.20. The number of hydrogen-bond acceptors (Lipinski definition) is 0. The van der Waals surface area contributed by atoms with E-state index in [-0.39, 0.29) is 12.4 Å². The molecule has 4 unspecified atom stereocenters. The van der Waals surface area contributed by atoms with Crippen molar-refractivity contribution in [3.05, 3.63) is 0 Å². The van der Waals surface area contributed by atoms with Crippen LogP contribution in [0.15, 0.2) is 0 Å². The van der Waals surface area contributed by atoms with Crippen LogP contribution in [0.2, 0.25) is 0 Å². The van der Waals surface area contributed by atoms with E-state index in [1.807, 2.05) is 0 Å². The monoisotopic (exact) mass is 434 g/mol. The van der Waals surface area contributed by atoms with Crippen LogP contribution >= 0.6 is 21.6 Å². The minimum Gasteiger partial charge on any atom is -0.147 e. The highest BCUT2D eigenvalue weighted by Crippen LogP contribution is 2.33. The Kier molecular flexibility index (Phi) is 26.5. The van der Waals surface area contributed by atoms with Gasteiger partial charge in [-0.1, -0.05) is 137 Å². The third-order valence-corrected chi connectivity index (χ3v) is 7.20. The average molecular weight is 435 g/mol. The number of halogens is 1. The van der Waals surface area contributed by atoms with Crippen LogP contribution in [0.25, 0.3) is 0 Å². The second kappa shape index (κ2) is 24.0. The molecule has 0 rings (SSSR count). The Balaban J connectivity index is 0. The summed E-state index contributed by atoms with van der Waals surface area (Å²) in [5.41, 5.74) is 0.869. The van der Waals surface area contributed by atoms with E-state index in [0.717, 1.165) is 17.5 Å². The standard InChI is InChI=1S/C26H55P.ClH/c1-5-9-13-14-15-20-24(18-10-6-2)25(19-11-7-3)21-16-17-23-26(27)22-12-8-4;/h24-26H,5-23,27H2,1-4H3;1H. The number of rotatable bonds is 21. The Labute approximate surface area is 188 Å². The smallest absolute Gasteiger partial charge is 0.0264 e. The van der Waals surface area contributed by atoms with Gasteiger partial charge in [0.15, 0.2) is 0 Å². The van der Waals surface area contributed by atoms with Crippen LogP contribution in [-0.2, 0) is 0 Å². The van der Waals surface area contributed by atoms with Crippen molar-refractivity contribution in [1.29, 1.82) is 0 Å². The van der Waals surface area contributed by atoms with Crippen LogP contribution in [0.1, 0.15) is 150 Å². The van der Waals surface area contributed by atoms with Gasteiger partial charge in [-0.05, 0) is 30.3 Å². The zero-order valence-electron chi connectivity index (χ0n) is 20.2. The average Bonchev–Trinajstić information content (AvgIpc) is 2.68. The van der Waals surface area contributed by atoms with E-state index in [1.165, 1.54) is 122 Å². The van der Waals surface area contributed by atoms with Gasteiger partial charge in [-0.2, -0.15) is 0 Å². The molecule has 0 nitrogen and oxygen atoms in total. The van der Waals surface area contributed by atoms with Gasteiger partial charge in [0.25, 0.3) is 0 Å². The van der Waals surface area contributed by atoms with E-state index in [4.69, 9.17) is 0 Å². The number of unbranched alkanes of at least 4 members (excludes halogenated alkanes) is 8. The fraction of sp³-hybridized carbons (Fsp3) is 1.00. The van der Waals surface area contributed by atoms with Gasteiger partial charge in [0.1, 0.15) is 0 Å².